The zero-order chi connectivity index (χ0) is 20.0. The van der Waals surface area contributed by atoms with E-state index in [1.54, 1.807) is 6.07 Å². The fourth-order valence-electron chi connectivity index (χ4n) is 2.58. The Kier molecular flexibility index (Phi) is 4.79. The average Bonchev–Trinajstić information content (AvgIpc) is 2.59. The molecular weight excluding hydrogens is 399 g/mol. The van der Waals surface area contributed by atoms with Gasteiger partial charge in [-0.05, 0) is 36.4 Å². The molecule has 0 spiro atoms. The van der Waals surface area contributed by atoms with E-state index in [-0.39, 0.29) is 21.7 Å². The summed E-state index contributed by atoms with van der Waals surface area (Å²) in [6.45, 7) is 0. The lowest BCUT2D eigenvalue weighted by molar-refractivity contribution is -0.289. The number of nitrogens with zero attached hydrogens (tertiary/aromatic N) is 1. The van der Waals surface area contributed by atoms with Crippen molar-refractivity contribution in [2.75, 3.05) is 0 Å². The molecule has 1 aromatic heterocycles. The van der Waals surface area contributed by atoms with E-state index in [1.807, 2.05) is 0 Å². The Morgan fingerprint density at radius 2 is 1.74 bits per heavy atom. The fraction of sp³-hybridized carbons (Fsp3) is 0.235. The fourth-order valence-corrected chi connectivity index (χ4v) is 2.82. The number of benzene rings is 1. The minimum atomic E-state index is -5.81. The Labute approximate surface area is 153 Å². The lowest BCUT2D eigenvalue weighted by Gasteiger charge is -2.28. The number of halogens is 7. The third kappa shape index (κ3) is 3.45. The van der Waals surface area contributed by atoms with Gasteiger partial charge >= 0.3 is 12.1 Å². The van der Waals surface area contributed by atoms with Gasteiger partial charge in [0.2, 0.25) is 0 Å². The molecular formula is C17H10F7NOS. The molecule has 1 unspecified atom stereocenters. The maximum Gasteiger partial charge on any atom is 0.458 e. The highest BCUT2D eigenvalue weighted by Crippen LogP contribution is 2.46. The molecule has 0 fully saturated rings. The highest BCUT2D eigenvalue weighted by molar-refractivity contribution is 7.71. The van der Waals surface area contributed by atoms with Gasteiger partial charge in [-0.15, -0.1) is 0 Å². The molecule has 1 aromatic carbocycles. The van der Waals surface area contributed by atoms with E-state index in [1.165, 1.54) is 22.9 Å². The van der Waals surface area contributed by atoms with Crippen LogP contribution in [0.15, 0.2) is 48.7 Å². The van der Waals surface area contributed by atoms with Crippen molar-refractivity contribution in [1.29, 1.82) is 0 Å². The Balaban J connectivity index is 2.21. The maximum atomic E-state index is 13.7. The molecule has 10 heteroatoms. The molecule has 2 nitrogen and oxygen atoms in total. The van der Waals surface area contributed by atoms with Crippen LogP contribution in [-0.4, -0.2) is 23.3 Å². The minimum absolute atomic E-state index is 0.0630. The zero-order valence-corrected chi connectivity index (χ0v) is 14.0. The van der Waals surface area contributed by atoms with Crippen molar-refractivity contribution >= 4 is 17.9 Å². The summed E-state index contributed by atoms with van der Waals surface area (Å²) in [6.07, 6.45) is -8.13. The van der Waals surface area contributed by atoms with Crippen LogP contribution >= 0.6 is 12.2 Å². The quantitative estimate of drug-likeness (QED) is 0.471. The molecule has 0 saturated heterocycles. The van der Waals surface area contributed by atoms with Gasteiger partial charge in [0.05, 0.1) is 5.70 Å². The Morgan fingerprint density at radius 3 is 2.33 bits per heavy atom. The second-order valence-electron chi connectivity index (χ2n) is 5.66. The molecule has 0 bridgehead atoms. The van der Waals surface area contributed by atoms with Crippen LogP contribution in [0, 0.1) is 4.64 Å². The van der Waals surface area contributed by atoms with Crippen LogP contribution in [0.1, 0.15) is 11.1 Å². The number of rotatable bonds is 3. The summed E-state index contributed by atoms with van der Waals surface area (Å²) in [6, 6.07) is 6.43. The summed E-state index contributed by atoms with van der Waals surface area (Å²) < 4.78 is 98.2. The Morgan fingerprint density at radius 1 is 1.04 bits per heavy atom. The summed E-state index contributed by atoms with van der Waals surface area (Å²) in [5, 5.41) is 0. The van der Waals surface area contributed by atoms with Crippen molar-refractivity contribution in [3.8, 4) is 5.75 Å². The van der Waals surface area contributed by atoms with Gasteiger partial charge in [-0.1, -0.05) is 18.3 Å². The second kappa shape index (κ2) is 6.66. The molecule has 1 atom stereocenters. The molecule has 3 rings (SSSR count). The van der Waals surface area contributed by atoms with E-state index in [0.29, 0.717) is 12.1 Å². The Hall–Kier alpha value is -2.36. The summed E-state index contributed by atoms with van der Waals surface area (Å²) >= 11 is 5.10. The summed E-state index contributed by atoms with van der Waals surface area (Å²) in [5.41, 5.74) is -1.59. The van der Waals surface area contributed by atoms with Crippen molar-refractivity contribution in [2.24, 2.45) is 0 Å². The van der Waals surface area contributed by atoms with Crippen molar-refractivity contribution in [3.63, 3.8) is 0 Å². The predicted molar refractivity (Wildman–Crippen MR) is 85.5 cm³/mol. The van der Waals surface area contributed by atoms with Crippen LogP contribution in [0.4, 0.5) is 30.7 Å². The number of alkyl halides is 7. The summed E-state index contributed by atoms with van der Waals surface area (Å²) in [4.78, 5) is 0. The molecule has 0 aliphatic carbocycles. The van der Waals surface area contributed by atoms with Crippen LogP contribution in [0.25, 0.3) is 5.70 Å². The maximum absolute atomic E-state index is 13.7. The third-order valence-corrected chi connectivity index (χ3v) is 4.22. The van der Waals surface area contributed by atoms with E-state index in [4.69, 9.17) is 17.0 Å². The number of hydrogen-bond acceptors (Lipinski definition) is 2. The molecule has 2 heterocycles. The van der Waals surface area contributed by atoms with Crippen molar-refractivity contribution in [1.82, 2.24) is 4.57 Å². The van der Waals surface area contributed by atoms with Crippen molar-refractivity contribution in [3.05, 3.63) is 64.4 Å². The van der Waals surface area contributed by atoms with Crippen LogP contribution in [0.2, 0.25) is 0 Å². The first-order valence-corrected chi connectivity index (χ1v) is 7.87. The molecule has 0 N–H and O–H groups in total. The molecule has 0 amide bonds. The summed E-state index contributed by atoms with van der Waals surface area (Å²) in [5.74, 6) is -5.37. The van der Waals surface area contributed by atoms with E-state index in [0.717, 1.165) is 12.1 Å². The van der Waals surface area contributed by atoms with Gasteiger partial charge in [0, 0.05) is 17.3 Å². The SMILES string of the molecule is FC(F)C1C=C(n2ccccc2=S)c2cc(C(F)(F)C(F)(F)F)ccc2O1. The number of pyridine rings is 1. The highest BCUT2D eigenvalue weighted by Gasteiger charge is 2.58. The van der Waals surface area contributed by atoms with Gasteiger partial charge in [-0.2, -0.15) is 22.0 Å². The topological polar surface area (TPSA) is 14.2 Å². The van der Waals surface area contributed by atoms with Gasteiger partial charge < -0.3 is 9.30 Å². The van der Waals surface area contributed by atoms with Gasteiger partial charge in [0.15, 0.2) is 6.10 Å². The van der Waals surface area contributed by atoms with Crippen molar-refractivity contribution in [2.45, 2.75) is 24.6 Å². The van der Waals surface area contributed by atoms with E-state index in [9.17, 15) is 30.7 Å². The molecule has 144 valence electrons. The number of fused-ring (bicyclic) bond motifs is 1. The molecule has 0 saturated carbocycles. The number of hydrogen-bond donors (Lipinski definition) is 0. The lowest BCUT2D eigenvalue weighted by Crippen LogP contribution is -2.34. The summed E-state index contributed by atoms with van der Waals surface area (Å²) in [7, 11) is 0. The number of ether oxygens (including phenoxy) is 1. The van der Waals surface area contributed by atoms with E-state index < -0.39 is 30.2 Å². The van der Waals surface area contributed by atoms with Gasteiger partial charge in [-0.3, -0.25) is 0 Å². The first kappa shape index (κ1) is 19.4. The minimum Gasteiger partial charge on any atom is -0.480 e. The van der Waals surface area contributed by atoms with E-state index >= 15 is 0 Å². The van der Waals surface area contributed by atoms with Crippen LogP contribution in [0.5, 0.6) is 5.75 Å². The largest absolute Gasteiger partial charge is 0.480 e. The number of aromatic nitrogens is 1. The smallest absolute Gasteiger partial charge is 0.458 e. The molecule has 2 aromatic rings. The second-order valence-corrected chi connectivity index (χ2v) is 6.08. The molecule has 27 heavy (non-hydrogen) atoms. The van der Waals surface area contributed by atoms with Crippen LogP contribution in [-0.2, 0) is 5.92 Å². The normalized spacial score (nSPS) is 17.3. The molecule has 0 radical (unpaired) electrons. The lowest BCUT2D eigenvalue weighted by atomic mass is 9.99. The van der Waals surface area contributed by atoms with Gasteiger partial charge in [-0.25, -0.2) is 8.78 Å². The van der Waals surface area contributed by atoms with Gasteiger partial charge in [0.25, 0.3) is 6.43 Å². The highest BCUT2D eigenvalue weighted by atomic mass is 32.1. The van der Waals surface area contributed by atoms with Crippen LogP contribution < -0.4 is 4.74 Å². The first-order valence-electron chi connectivity index (χ1n) is 7.46. The Bertz CT molecular complexity index is 949. The van der Waals surface area contributed by atoms with E-state index in [2.05, 4.69) is 0 Å². The standard InChI is InChI=1S/C17H10F7NOS/c18-15(19)13-8-11(25-6-2-1-3-14(25)27)10-7-9(4-5-12(10)26-13)16(20,21)17(22,23)24/h1-8,13,15H. The predicted octanol–water partition coefficient (Wildman–Crippen LogP) is 5.79. The molecule has 1 aliphatic heterocycles. The zero-order valence-electron chi connectivity index (χ0n) is 13.2. The monoisotopic (exact) mass is 409 g/mol. The van der Waals surface area contributed by atoms with Gasteiger partial charge in [0.1, 0.15) is 10.4 Å². The van der Waals surface area contributed by atoms with Crippen LogP contribution in [0.3, 0.4) is 0 Å². The average molecular weight is 409 g/mol. The third-order valence-electron chi connectivity index (χ3n) is 3.89. The first-order chi connectivity index (χ1) is 12.5. The van der Waals surface area contributed by atoms with Crippen molar-refractivity contribution < 1.29 is 35.5 Å². The molecule has 1 aliphatic rings.